The zero-order valence-corrected chi connectivity index (χ0v) is 16.5. The van der Waals surface area contributed by atoms with E-state index in [2.05, 4.69) is 13.8 Å². The van der Waals surface area contributed by atoms with Crippen molar-refractivity contribution in [3.8, 4) is 0 Å². The average Bonchev–Trinajstić information content (AvgIpc) is 2.69. The maximum Gasteiger partial charge on any atom is 0.509 e. The van der Waals surface area contributed by atoms with Gasteiger partial charge in [0.1, 0.15) is 23.8 Å². The van der Waals surface area contributed by atoms with E-state index < -0.39 is 18.4 Å². The van der Waals surface area contributed by atoms with Gasteiger partial charge >= 0.3 is 6.16 Å². The summed E-state index contributed by atoms with van der Waals surface area (Å²) < 4.78 is 37.6. The third-order valence-electron chi connectivity index (χ3n) is 4.60. The van der Waals surface area contributed by atoms with E-state index in [0.29, 0.717) is 12.8 Å². The zero-order valence-electron chi connectivity index (χ0n) is 16.5. The Bertz CT molecular complexity index is 652. The maximum atomic E-state index is 13.2. The summed E-state index contributed by atoms with van der Waals surface area (Å²) in [5.74, 6) is -0.673. The van der Waals surface area contributed by atoms with Gasteiger partial charge in [-0.15, -0.1) is 0 Å². The van der Waals surface area contributed by atoms with Gasteiger partial charge in [0, 0.05) is 0 Å². The normalized spacial score (nSPS) is 13.0. The lowest BCUT2D eigenvalue weighted by Gasteiger charge is -2.22. The summed E-state index contributed by atoms with van der Waals surface area (Å²) in [4.78, 5) is 12.5. The van der Waals surface area contributed by atoms with E-state index in [1.807, 2.05) is 0 Å². The summed E-state index contributed by atoms with van der Waals surface area (Å²) in [5, 5.41) is 0. The van der Waals surface area contributed by atoms with E-state index in [-0.39, 0.29) is 11.6 Å². The lowest BCUT2D eigenvalue weighted by molar-refractivity contribution is -0.00851. The number of carbonyl (C=O) groups excluding carboxylic acids is 1. The van der Waals surface area contributed by atoms with Crippen LogP contribution in [0.25, 0.3) is 0 Å². The first-order valence-corrected chi connectivity index (χ1v) is 9.91. The molecule has 2 rings (SSSR count). The summed E-state index contributed by atoms with van der Waals surface area (Å²) >= 11 is 0. The van der Waals surface area contributed by atoms with Crippen LogP contribution in [-0.4, -0.2) is 6.16 Å². The molecule has 0 aliphatic heterocycles. The molecule has 152 valence electrons. The SMILES string of the molecule is CCCCC(OC(=O)OC(CCCC)c1ccc(F)cc1)c1ccc(F)cc1. The summed E-state index contributed by atoms with van der Waals surface area (Å²) in [6, 6.07) is 11.9. The molecule has 0 heterocycles. The molecule has 0 aliphatic rings. The van der Waals surface area contributed by atoms with Crippen LogP contribution in [0, 0.1) is 11.6 Å². The predicted molar refractivity (Wildman–Crippen MR) is 105 cm³/mol. The first-order chi connectivity index (χ1) is 13.5. The molecule has 28 heavy (non-hydrogen) atoms. The molecule has 2 unspecified atom stereocenters. The van der Waals surface area contributed by atoms with E-state index in [1.54, 1.807) is 24.3 Å². The molecule has 0 spiro atoms. The lowest BCUT2D eigenvalue weighted by Crippen LogP contribution is -2.16. The van der Waals surface area contributed by atoms with Crippen LogP contribution in [0.5, 0.6) is 0 Å². The Labute approximate surface area is 165 Å². The molecule has 5 heteroatoms. The summed E-state index contributed by atoms with van der Waals surface area (Å²) in [5.41, 5.74) is 1.47. The fourth-order valence-corrected chi connectivity index (χ4v) is 2.98. The van der Waals surface area contributed by atoms with Crippen molar-refractivity contribution in [3.05, 3.63) is 71.3 Å². The third-order valence-corrected chi connectivity index (χ3v) is 4.60. The molecule has 2 atom stereocenters. The molecule has 0 fully saturated rings. The van der Waals surface area contributed by atoms with Crippen molar-refractivity contribution in [2.45, 2.75) is 64.6 Å². The van der Waals surface area contributed by atoms with Crippen molar-refractivity contribution < 1.29 is 23.0 Å². The Morgan fingerprint density at radius 1 is 0.750 bits per heavy atom. The maximum absolute atomic E-state index is 13.2. The molecule has 0 aromatic heterocycles. The van der Waals surface area contributed by atoms with E-state index in [4.69, 9.17) is 9.47 Å². The Hall–Kier alpha value is -2.43. The average molecular weight is 390 g/mol. The highest BCUT2D eigenvalue weighted by Crippen LogP contribution is 2.28. The number of ether oxygens (including phenoxy) is 2. The van der Waals surface area contributed by atoms with Crippen molar-refractivity contribution >= 4 is 6.16 Å². The molecule has 2 aromatic carbocycles. The van der Waals surface area contributed by atoms with Gasteiger partial charge in [-0.05, 0) is 61.1 Å². The van der Waals surface area contributed by atoms with Gasteiger partial charge in [-0.1, -0.05) is 51.0 Å². The van der Waals surface area contributed by atoms with Crippen molar-refractivity contribution in [2.24, 2.45) is 0 Å². The molecule has 0 amide bonds. The van der Waals surface area contributed by atoms with Gasteiger partial charge in [0.05, 0.1) is 0 Å². The number of rotatable bonds is 10. The minimum absolute atomic E-state index is 0.337. The number of carbonyl (C=O) groups is 1. The van der Waals surface area contributed by atoms with Gasteiger partial charge in [0.25, 0.3) is 0 Å². The molecule has 0 radical (unpaired) electrons. The van der Waals surface area contributed by atoms with Crippen LogP contribution < -0.4 is 0 Å². The smallest absolute Gasteiger partial charge is 0.426 e. The molecule has 3 nitrogen and oxygen atoms in total. The zero-order chi connectivity index (χ0) is 20.4. The Morgan fingerprint density at radius 2 is 1.11 bits per heavy atom. The van der Waals surface area contributed by atoms with Gasteiger partial charge in [-0.2, -0.15) is 0 Å². The van der Waals surface area contributed by atoms with E-state index >= 15 is 0 Å². The van der Waals surface area contributed by atoms with Crippen LogP contribution >= 0.6 is 0 Å². The van der Waals surface area contributed by atoms with Crippen molar-refractivity contribution in [2.75, 3.05) is 0 Å². The quantitative estimate of drug-likeness (QED) is 0.400. The van der Waals surface area contributed by atoms with E-state index in [9.17, 15) is 13.6 Å². The second kappa shape index (κ2) is 11.4. The van der Waals surface area contributed by atoms with Gasteiger partial charge in [-0.3, -0.25) is 0 Å². The van der Waals surface area contributed by atoms with Gasteiger partial charge < -0.3 is 9.47 Å². The highest BCUT2D eigenvalue weighted by molar-refractivity contribution is 5.61. The van der Waals surface area contributed by atoms with Gasteiger partial charge in [0.15, 0.2) is 0 Å². The molecular weight excluding hydrogens is 362 g/mol. The predicted octanol–water partition coefficient (Wildman–Crippen LogP) is 7.28. The van der Waals surface area contributed by atoms with Crippen LogP contribution in [0.3, 0.4) is 0 Å². The number of benzene rings is 2. The van der Waals surface area contributed by atoms with Gasteiger partial charge in [0.2, 0.25) is 0 Å². The van der Waals surface area contributed by atoms with E-state index in [0.717, 1.165) is 36.8 Å². The topological polar surface area (TPSA) is 35.5 Å². The number of unbranched alkanes of at least 4 members (excludes halogenated alkanes) is 2. The van der Waals surface area contributed by atoms with E-state index in [1.165, 1.54) is 24.3 Å². The number of halogens is 2. The largest absolute Gasteiger partial charge is 0.509 e. The lowest BCUT2D eigenvalue weighted by atomic mass is 10.0. The van der Waals surface area contributed by atoms with Crippen LogP contribution in [0.1, 0.15) is 75.7 Å². The molecule has 0 N–H and O–H groups in total. The molecular formula is C23H28F2O3. The molecule has 0 bridgehead atoms. The van der Waals surface area contributed by atoms with Crippen LogP contribution in [0.15, 0.2) is 48.5 Å². The molecule has 0 saturated carbocycles. The van der Waals surface area contributed by atoms with Crippen molar-refractivity contribution in [3.63, 3.8) is 0 Å². The summed E-state index contributed by atoms with van der Waals surface area (Å²) in [6.07, 6.45) is 3.15. The molecule has 0 saturated heterocycles. The molecule has 0 aliphatic carbocycles. The highest BCUT2D eigenvalue weighted by Gasteiger charge is 2.22. The first-order valence-electron chi connectivity index (χ1n) is 9.91. The Kier molecular flexibility index (Phi) is 8.92. The Morgan fingerprint density at radius 3 is 1.43 bits per heavy atom. The fourth-order valence-electron chi connectivity index (χ4n) is 2.98. The van der Waals surface area contributed by atoms with Crippen LogP contribution in [-0.2, 0) is 9.47 Å². The molecule has 2 aromatic rings. The second-order valence-electron chi connectivity index (χ2n) is 6.85. The second-order valence-corrected chi connectivity index (χ2v) is 6.85. The minimum atomic E-state index is -0.768. The standard InChI is InChI=1S/C23H28F2O3/c1-3-5-7-21(17-9-13-19(24)14-10-17)27-23(26)28-22(8-6-4-2)18-11-15-20(25)16-12-18/h9-16,21-22H,3-8H2,1-2H3. The van der Waals surface area contributed by atoms with Gasteiger partial charge in [-0.25, -0.2) is 13.6 Å². The van der Waals surface area contributed by atoms with Crippen molar-refractivity contribution in [1.82, 2.24) is 0 Å². The van der Waals surface area contributed by atoms with Crippen LogP contribution in [0.2, 0.25) is 0 Å². The minimum Gasteiger partial charge on any atom is -0.426 e. The van der Waals surface area contributed by atoms with Crippen molar-refractivity contribution in [1.29, 1.82) is 0 Å². The Balaban J connectivity index is 2.08. The highest BCUT2D eigenvalue weighted by atomic mass is 19.1. The fraction of sp³-hybridized carbons (Fsp3) is 0.435. The number of hydrogen-bond acceptors (Lipinski definition) is 3. The monoisotopic (exact) mass is 390 g/mol. The third kappa shape index (κ3) is 6.95. The summed E-state index contributed by atoms with van der Waals surface area (Å²) in [6.45, 7) is 4.10. The first kappa shape index (κ1) is 21.9. The number of hydrogen-bond donors (Lipinski definition) is 0. The van der Waals surface area contributed by atoms with Crippen LogP contribution in [0.4, 0.5) is 13.6 Å². The summed E-state index contributed by atoms with van der Waals surface area (Å²) in [7, 11) is 0.